The van der Waals surface area contributed by atoms with Crippen LogP contribution in [0, 0.1) is 13.8 Å². The van der Waals surface area contributed by atoms with Gasteiger partial charge in [0.05, 0.1) is 0 Å². The molecule has 0 heterocycles. The second kappa shape index (κ2) is 9.52. The summed E-state index contributed by atoms with van der Waals surface area (Å²) in [5, 5.41) is 3.15. The van der Waals surface area contributed by atoms with E-state index in [4.69, 9.17) is 5.73 Å². The van der Waals surface area contributed by atoms with Crippen LogP contribution in [-0.4, -0.2) is 26.6 Å². The van der Waals surface area contributed by atoms with Crippen LogP contribution in [0.15, 0.2) is 47.5 Å². The summed E-state index contributed by atoms with van der Waals surface area (Å²) in [6, 6.07) is 14.8. The SMILES string of the molecule is Cc1cc(C)cc(NC(N)=NCCc2ccc(N(C)C)cc2)c1.I. The van der Waals surface area contributed by atoms with Crippen molar-refractivity contribution in [3.8, 4) is 0 Å². The lowest BCUT2D eigenvalue weighted by Gasteiger charge is -2.12. The molecule has 5 heteroatoms. The van der Waals surface area contributed by atoms with Crippen molar-refractivity contribution in [3.63, 3.8) is 0 Å². The number of benzene rings is 2. The zero-order valence-corrected chi connectivity index (χ0v) is 17.2. The van der Waals surface area contributed by atoms with E-state index in [0.717, 1.165) is 12.1 Å². The largest absolute Gasteiger partial charge is 0.378 e. The fraction of sp³-hybridized carbons (Fsp3) is 0.316. The minimum absolute atomic E-state index is 0. The highest BCUT2D eigenvalue weighted by molar-refractivity contribution is 14.0. The summed E-state index contributed by atoms with van der Waals surface area (Å²) in [7, 11) is 4.08. The lowest BCUT2D eigenvalue weighted by molar-refractivity contribution is 0.963. The summed E-state index contributed by atoms with van der Waals surface area (Å²) in [6.45, 7) is 4.82. The van der Waals surface area contributed by atoms with Crippen LogP contribution in [0.2, 0.25) is 0 Å². The molecule has 4 nitrogen and oxygen atoms in total. The fourth-order valence-electron chi connectivity index (χ4n) is 2.50. The summed E-state index contributed by atoms with van der Waals surface area (Å²) in [5.41, 5.74) is 11.8. The van der Waals surface area contributed by atoms with Crippen LogP contribution in [0.5, 0.6) is 0 Å². The van der Waals surface area contributed by atoms with Crippen LogP contribution in [0.25, 0.3) is 0 Å². The molecule has 2 aromatic carbocycles. The molecule has 0 fully saturated rings. The molecule has 0 aromatic heterocycles. The van der Waals surface area contributed by atoms with Gasteiger partial charge in [-0.15, -0.1) is 24.0 Å². The summed E-state index contributed by atoms with van der Waals surface area (Å²) < 4.78 is 0. The molecule has 0 bridgehead atoms. The molecule has 0 radical (unpaired) electrons. The molecule has 0 spiro atoms. The third-order valence-corrected chi connectivity index (χ3v) is 3.63. The number of guanidine groups is 1. The van der Waals surface area contributed by atoms with Gasteiger partial charge in [0.2, 0.25) is 0 Å². The van der Waals surface area contributed by atoms with Crippen molar-refractivity contribution in [2.75, 3.05) is 30.9 Å². The van der Waals surface area contributed by atoms with Crippen LogP contribution in [-0.2, 0) is 6.42 Å². The second-order valence-corrected chi connectivity index (χ2v) is 6.08. The number of hydrogen-bond donors (Lipinski definition) is 2. The Bertz CT molecular complexity index is 658. The maximum Gasteiger partial charge on any atom is 0.193 e. The van der Waals surface area contributed by atoms with E-state index in [1.807, 2.05) is 14.1 Å². The molecule has 0 aliphatic carbocycles. The van der Waals surface area contributed by atoms with Crippen molar-refractivity contribution in [2.45, 2.75) is 20.3 Å². The van der Waals surface area contributed by atoms with Crippen molar-refractivity contribution in [3.05, 3.63) is 59.2 Å². The van der Waals surface area contributed by atoms with Crippen molar-refractivity contribution < 1.29 is 0 Å². The van der Waals surface area contributed by atoms with Crippen LogP contribution >= 0.6 is 24.0 Å². The summed E-state index contributed by atoms with van der Waals surface area (Å²) in [6.07, 6.45) is 0.878. The van der Waals surface area contributed by atoms with E-state index in [1.54, 1.807) is 0 Å². The Labute approximate surface area is 162 Å². The summed E-state index contributed by atoms with van der Waals surface area (Å²) >= 11 is 0. The van der Waals surface area contributed by atoms with Gasteiger partial charge in [0.1, 0.15) is 0 Å². The van der Waals surface area contributed by atoms with Gasteiger partial charge >= 0.3 is 0 Å². The van der Waals surface area contributed by atoms with Gasteiger partial charge in [-0.3, -0.25) is 4.99 Å². The third-order valence-electron chi connectivity index (χ3n) is 3.63. The molecule has 130 valence electrons. The van der Waals surface area contributed by atoms with Crippen molar-refractivity contribution in [2.24, 2.45) is 10.7 Å². The van der Waals surface area contributed by atoms with E-state index in [0.29, 0.717) is 12.5 Å². The maximum atomic E-state index is 5.97. The standard InChI is InChI=1S/C19H26N4.HI/c1-14-11-15(2)13-17(12-14)22-19(20)21-10-9-16-5-7-18(8-6-16)23(3)4;/h5-8,11-13H,9-10H2,1-4H3,(H3,20,21,22);1H. The van der Waals surface area contributed by atoms with Crippen LogP contribution in [0.3, 0.4) is 0 Å². The quantitative estimate of drug-likeness (QED) is 0.422. The number of nitrogens with two attached hydrogens (primary N) is 1. The van der Waals surface area contributed by atoms with Gasteiger partial charge in [-0.1, -0.05) is 18.2 Å². The van der Waals surface area contributed by atoms with E-state index in [9.17, 15) is 0 Å². The van der Waals surface area contributed by atoms with Crippen molar-refractivity contribution >= 4 is 41.3 Å². The highest BCUT2D eigenvalue weighted by atomic mass is 127. The highest BCUT2D eigenvalue weighted by Crippen LogP contribution is 2.14. The van der Waals surface area contributed by atoms with E-state index in [2.05, 4.69) is 71.5 Å². The smallest absolute Gasteiger partial charge is 0.193 e. The lowest BCUT2D eigenvalue weighted by Crippen LogP contribution is -2.23. The molecule has 0 aliphatic rings. The molecule has 24 heavy (non-hydrogen) atoms. The average Bonchev–Trinajstić information content (AvgIpc) is 2.46. The first-order valence-corrected chi connectivity index (χ1v) is 7.85. The Hall–Kier alpha value is -1.76. The molecule has 0 amide bonds. The van der Waals surface area contributed by atoms with E-state index >= 15 is 0 Å². The number of aryl methyl sites for hydroxylation is 2. The van der Waals surface area contributed by atoms with Gasteiger partial charge in [-0.05, 0) is 61.2 Å². The molecule has 0 saturated heterocycles. The summed E-state index contributed by atoms with van der Waals surface area (Å²) in [4.78, 5) is 6.50. The number of aliphatic imine (C=N–C) groups is 1. The van der Waals surface area contributed by atoms with Gasteiger partial charge < -0.3 is 16.0 Å². The third kappa shape index (κ3) is 6.39. The molecule has 2 rings (SSSR count). The van der Waals surface area contributed by atoms with Crippen molar-refractivity contribution in [1.82, 2.24) is 0 Å². The average molecular weight is 438 g/mol. The number of anilines is 2. The van der Waals surface area contributed by atoms with Gasteiger partial charge in [-0.25, -0.2) is 0 Å². The predicted molar refractivity (Wildman–Crippen MR) is 116 cm³/mol. The number of nitrogens with zero attached hydrogens (tertiary/aromatic N) is 2. The van der Waals surface area contributed by atoms with Crippen LogP contribution in [0.4, 0.5) is 11.4 Å². The fourth-order valence-corrected chi connectivity index (χ4v) is 2.50. The monoisotopic (exact) mass is 438 g/mol. The van der Waals surface area contributed by atoms with Gasteiger partial charge in [-0.2, -0.15) is 0 Å². The first-order valence-electron chi connectivity index (χ1n) is 7.85. The van der Waals surface area contributed by atoms with Gasteiger partial charge in [0, 0.05) is 32.0 Å². The molecule has 0 atom stereocenters. The molecule has 0 saturated carbocycles. The van der Waals surface area contributed by atoms with E-state index in [1.165, 1.54) is 22.4 Å². The van der Waals surface area contributed by atoms with Crippen molar-refractivity contribution in [1.29, 1.82) is 0 Å². The first kappa shape index (κ1) is 20.3. The zero-order valence-electron chi connectivity index (χ0n) is 14.8. The van der Waals surface area contributed by atoms with Crippen LogP contribution in [0.1, 0.15) is 16.7 Å². The number of nitrogens with one attached hydrogen (secondary N) is 1. The molecule has 0 unspecified atom stereocenters. The summed E-state index contributed by atoms with van der Waals surface area (Å²) in [5.74, 6) is 0.458. The Balaban J connectivity index is 0.00000288. The zero-order chi connectivity index (χ0) is 16.8. The molecular weight excluding hydrogens is 411 g/mol. The molecule has 3 N–H and O–H groups in total. The van der Waals surface area contributed by atoms with Gasteiger partial charge in [0.25, 0.3) is 0 Å². The molecule has 0 aliphatic heterocycles. The van der Waals surface area contributed by atoms with Gasteiger partial charge in [0.15, 0.2) is 5.96 Å². The number of halogens is 1. The maximum absolute atomic E-state index is 5.97. The normalized spacial score (nSPS) is 10.9. The number of rotatable bonds is 5. The topological polar surface area (TPSA) is 53.6 Å². The van der Waals surface area contributed by atoms with E-state index in [-0.39, 0.29) is 24.0 Å². The minimum atomic E-state index is 0. The minimum Gasteiger partial charge on any atom is -0.378 e. The Morgan fingerprint density at radius 2 is 1.62 bits per heavy atom. The Kier molecular flexibility index (Phi) is 8.04. The predicted octanol–water partition coefficient (Wildman–Crippen LogP) is 3.96. The lowest BCUT2D eigenvalue weighted by atomic mass is 10.1. The Morgan fingerprint density at radius 1 is 1.04 bits per heavy atom. The first-order chi connectivity index (χ1) is 10.9. The van der Waals surface area contributed by atoms with E-state index < -0.39 is 0 Å². The van der Waals surface area contributed by atoms with Crippen LogP contribution < -0.4 is 16.0 Å². The number of hydrogen-bond acceptors (Lipinski definition) is 2. The molecular formula is C19H27IN4. The highest BCUT2D eigenvalue weighted by Gasteiger charge is 1.99. The Morgan fingerprint density at radius 3 is 2.17 bits per heavy atom. The second-order valence-electron chi connectivity index (χ2n) is 6.08. The molecule has 2 aromatic rings.